The maximum atomic E-state index is 13.0. The summed E-state index contributed by atoms with van der Waals surface area (Å²) < 4.78 is 7.02. The third-order valence-corrected chi connectivity index (χ3v) is 4.54. The van der Waals surface area contributed by atoms with Gasteiger partial charge < -0.3 is 13.8 Å². The molecule has 0 spiro atoms. The number of rotatable bonds is 2. The minimum absolute atomic E-state index is 0.0308. The summed E-state index contributed by atoms with van der Waals surface area (Å²) in [5, 5.41) is 4.02. The Balaban J connectivity index is 1.61. The Morgan fingerprint density at radius 3 is 2.96 bits per heavy atom. The Morgan fingerprint density at radius 2 is 2.17 bits per heavy atom. The second-order valence-electron chi connectivity index (χ2n) is 6.23. The summed E-state index contributed by atoms with van der Waals surface area (Å²) in [6, 6.07) is 5.79. The van der Waals surface area contributed by atoms with E-state index in [4.69, 9.17) is 4.52 Å². The highest BCUT2D eigenvalue weighted by molar-refractivity contribution is 5.99. The predicted octanol–water partition coefficient (Wildman–Crippen LogP) is 2.35. The van der Waals surface area contributed by atoms with Crippen molar-refractivity contribution in [2.24, 2.45) is 0 Å². The van der Waals surface area contributed by atoms with E-state index >= 15 is 0 Å². The normalized spacial score (nSPS) is 18.2. The zero-order valence-corrected chi connectivity index (χ0v) is 13.8. The Morgan fingerprint density at radius 1 is 1.29 bits per heavy atom. The molecule has 7 heteroatoms. The molecule has 24 heavy (non-hydrogen) atoms. The largest absolute Gasteiger partial charge is 0.340 e. The topological polar surface area (TPSA) is 76.5 Å². The minimum Gasteiger partial charge on any atom is -0.340 e. The third-order valence-electron chi connectivity index (χ3n) is 4.54. The van der Waals surface area contributed by atoms with Gasteiger partial charge in [0.2, 0.25) is 5.89 Å². The van der Waals surface area contributed by atoms with E-state index in [1.807, 2.05) is 40.6 Å². The lowest BCUT2D eigenvalue weighted by Crippen LogP contribution is -2.39. The molecule has 0 N–H and O–H groups in total. The van der Waals surface area contributed by atoms with E-state index in [0.29, 0.717) is 24.0 Å². The number of nitrogens with zero attached hydrogens (tertiary/aromatic N) is 5. The highest BCUT2D eigenvalue weighted by Gasteiger charge is 2.30. The van der Waals surface area contributed by atoms with Crippen LogP contribution in [0, 0.1) is 13.8 Å². The first-order chi connectivity index (χ1) is 11.6. The Bertz CT molecular complexity index is 897. The molecule has 0 radical (unpaired) electrons. The Hall–Kier alpha value is -2.70. The first-order valence-electron chi connectivity index (χ1n) is 8.16. The lowest BCUT2D eigenvalue weighted by atomic mass is 9.97. The van der Waals surface area contributed by atoms with Gasteiger partial charge in [0.05, 0.1) is 5.52 Å². The number of piperidine rings is 1. The number of carbonyl (C=O) groups excluding carboxylic acids is 1. The van der Waals surface area contributed by atoms with Crippen molar-refractivity contribution in [2.45, 2.75) is 32.6 Å². The second kappa shape index (κ2) is 5.74. The third kappa shape index (κ3) is 2.46. The molecule has 0 aliphatic carbocycles. The lowest BCUT2D eigenvalue weighted by molar-refractivity contribution is 0.0700. The standard InChI is InChI=1S/C17H19N5O2/c1-11-18-15(14-7-3-4-9-22(11)14)17(23)21-8-5-6-13(10-21)16-19-12(2)24-20-16/h3-4,7,9,13H,5-6,8,10H2,1-2H3/t13-/m0/s1. The summed E-state index contributed by atoms with van der Waals surface area (Å²) in [6.45, 7) is 5.02. The summed E-state index contributed by atoms with van der Waals surface area (Å²) >= 11 is 0. The van der Waals surface area contributed by atoms with Gasteiger partial charge in [-0.2, -0.15) is 4.98 Å². The molecule has 3 aromatic rings. The quantitative estimate of drug-likeness (QED) is 0.723. The van der Waals surface area contributed by atoms with Crippen LogP contribution < -0.4 is 0 Å². The van der Waals surface area contributed by atoms with Crippen molar-refractivity contribution in [1.82, 2.24) is 24.4 Å². The maximum absolute atomic E-state index is 13.0. The van der Waals surface area contributed by atoms with E-state index in [9.17, 15) is 4.79 Å². The van der Waals surface area contributed by atoms with Crippen LogP contribution in [0.1, 0.15) is 46.8 Å². The molecule has 0 unspecified atom stereocenters. The average Bonchev–Trinajstić information content (AvgIpc) is 3.19. The summed E-state index contributed by atoms with van der Waals surface area (Å²) in [6.07, 6.45) is 3.82. The van der Waals surface area contributed by atoms with Gasteiger partial charge in [-0.25, -0.2) is 4.98 Å². The van der Waals surface area contributed by atoms with Crippen molar-refractivity contribution in [1.29, 1.82) is 0 Å². The zero-order valence-electron chi connectivity index (χ0n) is 13.8. The number of likely N-dealkylation sites (tertiary alicyclic amines) is 1. The predicted molar refractivity (Wildman–Crippen MR) is 86.8 cm³/mol. The molecule has 1 aliphatic rings. The SMILES string of the molecule is Cc1nc([C@H]2CCCN(C(=O)c3nc(C)n4ccccc34)C2)no1. The number of amides is 1. The number of pyridine rings is 1. The van der Waals surface area contributed by atoms with E-state index < -0.39 is 0 Å². The van der Waals surface area contributed by atoms with Gasteiger partial charge in [0.15, 0.2) is 11.5 Å². The van der Waals surface area contributed by atoms with Gasteiger partial charge in [-0.15, -0.1) is 0 Å². The van der Waals surface area contributed by atoms with Gasteiger partial charge >= 0.3 is 0 Å². The number of fused-ring (bicyclic) bond motifs is 1. The van der Waals surface area contributed by atoms with Gasteiger partial charge in [0, 0.05) is 32.1 Å². The van der Waals surface area contributed by atoms with Crippen LogP contribution in [0.5, 0.6) is 0 Å². The van der Waals surface area contributed by atoms with Crippen LogP contribution in [0.3, 0.4) is 0 Å². The molecule has 4 heterocycles. The molecule has 0 saturated carbocycles. The highest BCUT2D eigenvalue weighted by atomic mass is 16.5. The fourth-order valence-corrected chi connectivity index (χ4v) is 3.35. The first-order valence-corrected chi connectivity index (χ1v) is 8.16. The summed E-state index contributed by atoms with van der Waals surface area (Å²) in [4.78, 5) is 23.7. The van der Waals surface area contributed by atoms with Crippen LogP contribution in [0.4, 0.5) is 0 Å². The summed E-state index contributed by atoms with van der Waals surface area (Å²) in [7, 11) is 0. The second-order valence-corrected chi connectivity index (χ2v) is 6.23. The molecular weight excluding hydrogens is 306 g/mol. The van der Waals surface area contributed by atoms with Gasteiger partial charge in [0.1, 0.15) is 5.82 Å². The van der Waals surface area contributed by atoms with Crippen LogP contribution in [-0.4, -0.2) is 43.4 Å². The molecule has 1 saturated heterocycles. The van der Waals surface area contributed by atoms with Crippen LogP contribution in [0.2, 0.25) is 0 Å². The molecule has 0 aromatic carbocycles. The van der Waals surface area contributed by atoms with Crippen LogP contribution in [0.25, 0.3) is 5.52 Å². The van der Waals surface area contributed by atoms with Crippen LogP contribution in [-0.2, 0) is 0 Å². The van der Waals surface area contributed by atoms with Crippen LogP contribution in [0.15, 0.2) is 28.9 Å². The van der Waals surface area contributed by atoms with Crippen molar-refractivity contribution in [3.8, 4) is 0 Å². The molecule has 124 valence electrons. The smallest absolute Gasteiger partial charge is 0.274 e. The molecular formula is C17H19N5O2. The lowest BCUT2D eigenvalue weighted by Gasteiger charge is -2.30. The van der Waals surface area contributed by atoms with Crippen LogP contribution >= 0.6 is 0 Å². The highest BCUT2D eigenvalue weighted by Crippen LogP contribution is 2.26. The molecule has 1 aliphatic heterocycles. The van der Waals surface area contributed by atoms with E-state index in [0.717, 1.165) is 30.7 Å². The Labute approximate surface area is 139 Å². The number of aryl methyl sites for hydroxylation is 2. The monoisotopic (exact) mass is 325 g/mol. The number of imidazole rings is 1. The zero-order chi connectivity index (χ0) is 16.7. The minimum atomic E-state index is -0.0308. The number of carbonyl (C=O) groups is 1. The number of aromatic nitrogens is 4. The maximum Gasteiger partial charge on any atom is 0.274 e. The van der Waals surface area contributed by atoms with Gasteiger partial charge in [-0.1, -0.05) is 11.2 Å². The molecule has 4 rings (SSSR count). The van der Waals surface area contributed by atoms with E-state index in [-0.39, 0.29) is 11.8 Å². The fraction of sp³-hybridized carbons (Fsp3) is 0.412. The molecule has 1 fully saturated rings. The van der Waals surface area contributed by atoms with Gasteiger partial charge in [-0.05, 0) is 31.9 Å². The number of hydrogen-bond acceptors (Lipinski definition) is 5. The Kier molecular flexibility index (Phi) is 3.55. The van der Waals surface area contributed by atoms with Crippen molar-refractivity contribution >= 4 is 11.4 Å². The van der Waals surface area contributed by atoms with Gasteiger partial charge in [0.25, 0.3) is 5.91 Å². The molecule has 1 atom stereocenters. The summed E-state index contributed by atoms with van der Waals surface area (Å²) in [5.74, 6) is 2.16. The van der Waals surface area contributed by atoms with Crippen molar-refractivity contribution in [3.63, 3.8) is 0 Å². The fourth-order valence-electron chi connectivity index (χ4n) is 3.35. The number of hydrogen-bond donors (Lipinski definition) is 0. The first kappa shape index (κ1) is 14.9. The average molecular weight is 325 g/mol. The van der Waals surface area contributed by atoms with E-state index in [1.165, 1.54) is 0 Å². The van der Waals surface area contributed by atoms with Gasteiger partial charge in [-0.3, -0.25) is 4.79 Å². The van der Waals surface area contributed by atoms with Crippen molar-refractivity contribution in [2.75, 3.05) is 13.1 Å². The van der Waals surface area contributed by atoms with E-state index in [1.54, 1.807) is 6.92 Å². The summed E-state index contributed by atoms with van der Waals surface area (Å²) in [5.41, 5.74) is 1.36. The molecule has 1 amide bonds. The molecule has 0 bridgehead atoms. The molecule has 3 aromatic heterocycles. The molecule has 7 nitrogen and oxygen atoms in total. The van der Waals surface area contributed by atoms with Crippen molar-refractivity contribution in [3.05, 3.63) is 47.6 Å². The van der Waals surface area contributed by atoms with Crippen molar-refractivity contribution < 1.29 is 9.32 Å². The van der Waals surface area contributed by atoms with E-state index in [2.05, 4.69) is 15.1 Å².